The summed E-state index contributed by atoms with van der Waals surface area (Å²) < 4.78 is 0. The van der Waals surface area contributed by atoms with Gasteiger partial charge in [-0.1, -0.05) is 29.8 Å². The molecule has 2 aromatic rings. The second-order valence-corrected chi connectivity index (χ2v) is 4.35. The maximum Gasteiger partial charge on any atom is 0.186 e. The van der Waals surface area contributed by atoms with Crippen molar-refractivity contribution in [2.75, 3.05) is 5.75 Å². The molecule has 4 heteroatoms. The Hall–Kier alpha value is -1.73. The number of aromatic nitrogens is 2. The molecule has 0 spiro atoms. The van der Waals surface area contributed by atoms with Crippen LogP contribution in [0.3, 0.4) is 0 Å². The summed E-state index contributed by atoms with van der Waals surface area (Å²) in [5.74, 6) is 6.43. The Morgan fingerprint density at radius 2 is 2.31 bits per heavy atom. The zero-order valence-electron chi connectivity index (χ0n) is 8.78. The molecule has 0 aliphatic carbocycles. The number of nitrogens with zero attached hydrogens (tertiary/aromatic N) is 1. The zero-order chi connectivity index (χ0) is 11.4. The molecule has 0 radical (unpaired) electrons. The fourth-order valence-corrected chi connectivity index (χ4v) is 1.66. The molecule has 3 nitrogen and oxygen atoms in total. The largest absolute Gasteiger partial charge is 0.288 e. The van der Waals surface area contributed by atoms with Crippen LogP contribution in [0.15, 0.2) is 24.3 Å². The van der Waals surface area contributed by atoms with Crippen LogP contribution in [-0.4, -0.2) is 21.1 Å². The molecular formula is C12H10N2OS. The van der Waals surface area contributed by atoms with Gasteiger partial charge in [0.15, 0.2) is 5.12 Å². The van der Waals surface area contributed by atoms with Crippen LogP contribution in [0.2, 0.25) is 0 Å². The minimum atomic E-state index is 0.0868. The van der Waals surface area contributed by atoms with E-state index in [2.05, 4.69) is 22.0 Å². The number of nitrogens with one attached hydrogen (secondary N) is 1. The first kappa shape index (κ1) is 10.8. The van der Waals surface area contributed by atoms with E-state index >= 15 is 0 Å². The molecule has 0 saturated heterocycles. The lowest BCUT2D eigenvalue weighted by Gasteiger charge is -1.86. The van der Waals surface area contributed by atoms with Gasteiger partial charge in [-0.25, -0.2) is 0 Å². The summed E-state index contributed by atoms with van der Waals surface area (Å²) in [6.45, 7) is 1.54. The van der Waals surface area contributed by atoms with E-state index in [9.17, 15) is 4.79 Å². The average molecular weight is 230 g/mol. The second kappa shape index (κ2) is 4.86. The molecule has 1 N–H and O–H groups in total. The van der Waals surface area contributed by atoms with Crippen LogP contribution in [0.1, 0.15) is 12.6 Å². The summed E-state index contributed by atoms with van der Waals surface area (Å²) in [5.41, 5.74) is 1.71. The average Bonchev–Trinajstić information content (AvgIpc) is 2.68. The highest BCUT2D eigenvalue weighted by atomic mass is 32.2. The molecule has 1 heterocycles. The highest BCUT2D eigenvalue weighted by molar-refractivity contribution is 8.13. The van der Waals surface area contributed by atoms with Gasteiger partial charge < -0.3 is 0 Å². The van der Waals surface area contributed by atoms with Gasteiger partial charge in [-0.2, -0.15) is 5.10 Å². The summed E-state index contributed by atoms with van der Waals surface area (Å²) in [6, 6.07) is 7.79. The van der Waals surface area contributed by atoms with Gasteiger partial charge in [-0.3, -0.25) is 9.89 Å². The Balaban J connectivity index is 2.18. The monoisotopic (exact) mass is 230 g/mol. The Morgan fingerprint density at radius 1 is 1.50 bits per heavy atom. The minimum Gasteiger partial charge on any atom is -0.288 e. The van der Waals surface area contributed by atoms with E-state index in [-0.39, 0.29) is 5.12 Å². The SMILES string of the molecule is CC(=O)SCC#Cc1[nH]nc2ccccc12. The van der Waals surface area contributed by atoms with Crippen molar-refractivity contribution in [3.8, 4) is 11.8 Å². The number of carbonyl (C=O) groups excluding carboxylic acids is 1. The van der Waals surface area contributed by atoms with Crippen molar-refractivity contribution in [2.45, 2.75) is 6.92 Å². The Bertz CT molecular complexity index is 577. The Labute approximate surface area is 97.6 Å². The third-order valence-corrected chi connectivity index (χ3v) is 2.72. The highest BCUT2D eigenvalue weighted by Gasteiger charge is 2.00. The van der Waals surface area contributed by atoms with E-state index in [0.717, 1.165) is 16.6 Å². The smallest absolute Gasteiger partial charge is 0.186 e. The first-order valence-electron chi connectivity index (χ1n) is 4.83. The number of carbonyl (C=O) groups is 1. The molecule has 0 saturated carbocycles. The zero-order valence-corrected chi connectivity index (χ0v) is 9.60. The predicted molar refractivity (Wildman–Crippen MR) is 66.1 cm³/mol. The molecule has 0 amide bonds. The standard InChI is InChI=1S/C12H10N2OS/c1-9(15)16-8-4-7-12-10-5-2-3-6-11(10)13-14-12/h2-3,5-6H,8H2,1H3,(H,13,14). The van der Waals surface area contributed by atoms with Crippen molar-refractivity contribution in [1.82, 2.24) is 10.2 Å². The van der Waals surface area contributed by atoms with Crippen molar-refractivity contribution in [3.63, 3.8) is 0 Å². The number of thioether (sulfide) groups is 1. The normalized spacial score (nSPS) is 9.81. The number of benzene rings is 1. The molecule has 1 aromatic carbocycles. The van der Waals surface area contributed by atoms with Crippen molar-refractivity contribution < 1.29 is 4.79 Å². The first-order valence-corrected chi connectivity index (χ1v) is 5.81. The Kier molecular flexibility index (Phi) is 3.28. The van der Waals surface area contributed by atoms with Crippen molar-refractivity contribution in [2.24, 2.45) is 0 Å². The molecule has 0 aliphatic rings. The van der Waals surface area contributed by atoms with Gasteiger partial charge in [0.1, 0.15) is 5.69 Å². The lowest BCUT2D eigenvalue weighted by atomic mass is 10.2. The number of fused-ring (bicyclic) bond motifs is 1. The third-order valence-electron chi connectivity index (χ3n) is 2.02. The number of rotatable bonds is 1. The van der Waals surface area contributed by atoms with Crippen LogP contribution in [0.4, 0.5) is 0 Å². The molecule has 0 bridgehead atoms. The maximum atomic E-state index is 10.7. The van der Waals surface area contributed by atoms with Crippen LogP contribution in [0, 0.1) is 11.8 Å². The summed E-state index contributed by atoms with van der Waals surface area (Å²) in [7, 11) is 0. The molecule has 1 aromatic heterocycles. The third kappa shape index (κ3) is 2.44. The molecule has 80 valence electrons. The molecule has 0 fully saturated rings. The lowest BCUT2D eigenvalue weighted by molar-refractivity contribution is -0.109. The summed E-state index contributed by atoms with van der Waals surface area (Å²) in [5, 5.41) is 8.12. The van der Waals surface area contributed by atoms with Crippen molar-refractivity contribution in [1.29, 1.82) is 0 Å². The van der Waals surface area contributed by atoms with Gasteiger partial charge in [-0.15, -0.1) is 0 Å². The topological polar surface area (TPSA) is 45.8 Å². The van der Waals surface area contributed by atoms with Crippen LogP contribution in [0.25, 0.3) is 10.9 Å². The maximum absolute atomic E-state index is 10.7. The number of para-hydroxylation sites is 1. The molecule has 16 heavy (non-hydrogen) atoms. The summed E-state index contributed by atoms with van der Waals surface area (Å²) in [4.78, 5) is 10.7. The van der Waals surface area contributed by atoms with Gasteiger partial charge in [0.05, 0.1) is 11.3 Å². The highest BCUT2D eigenvalue weighted by Crippen LogP contribution is 2.13. The van der Waals surface area contributed by atoms with Gasteiger partial charge in [0.2, 0.25) is 0 Å². The van der Waals surface area contributed by atoms with E-state index in [1.54, 1.807) is 0 Å². The number of hydrogen-bond donors (Lipinski definition) is 1. The van der Waals surface area contributed by atoms with E-state index in [1.165, 1.54) is 18.7 Å². The van der Waals surface area contributed by atoms with E-state index in [0.29, 0.717) is 5.75 Å². The summed E-state index contributed by atoms with van der Waals surface area (Å²) >= 11 is 1.21. The van der Waals surface area contributed by atoms with Gasteiger partial charge in [0, 0.05) is 12.3 Å². The van der Waals surface area contributed by atoms with Crippen molar-refractivity contribution >= 4 is 27.8 Å². The molecule has 0 atom stereocenters. The first-order chi connectivity index (χ1) is 7.77. The number of hydrogen-bond acceptors (Lipinski definition) is 3. The summed E-state index contributed by atoms with van der Waals surface area (Å²) in [6.07, 6.45) is 0. The molecule has 0 aliphatic heterocycles. The number of aromatic amines is 1. The number of H-pyrrole nitrogens is 1. The van der Waals surface area contributed by atoms with E-state index in [4.69, 9.17) is 0 Å². The van der Waals surface area contributed by atoms with Crippen LogP contribution >= 0.6 is 11.8 Å². The molecule has 2 rings (SSSR count). The predicted octanol–water partition coefficient (Wildman–Crippen LogP) is 2.19. The van der Waals surface area contributed by atoms with Crippen molar-refractivity contribution in [3.05, 3.63) is 30.0 Å². The second-order valence-electron chi connectivity index (χ2n) is 3.20. The van der Waals surface area contributed by atoms with Gasteiger partial charge in [-0.05, 0) is 18.1 Å². The minimum absolute atomic E-state index is 0.0868. The van der Waals surface area contributed by atoms with E-state index in [1.807, 2.05) is 24.3 Å². The molecule has 0 unspecified atom stereocenters. The Morgan fingerprint density at radius 3 is 3.12 bits per heavy atom. The fourth-order valence-electron chi connectivity index (χ4n) is 1.32. The molecular weight excluding hydrogens is 220 g/mol. The van der Waals surface area contributed by atoms with Crippen LogP contribution in [0.5, 0.6) is 0 Å². The van der Waals surface area contributed by atoms with Gasteiger partial charge >= 0.3 is 0 Å². The van der Waals surface area contributed by atoms with Crippen LogP contribution in [-0.2, 0) is 4.79 Å². The lowest BCUT2D eigenvalue weighted by Crippen LogP contribution is -1.82. The quantitative estimate of drug-likeness (QED) is 0.764. The fraction of sp³-hybridized carbons (Fsp3) is 0.167. The van der Waals surface area contributed by atoms with Gasteiger partial charge in [0.25, 0.3) is 0 Å². The van der Waals surface area contributed by atoms with E-state index < -0.39 is 0 Å². The van der Waals surface area contributed by atoms with Crippen LogP contribution < -0.4 is 0 Å².